The van der Waals surface area contributed by atoms with Crippen molar-refractivity contribution in [3.05, 3.63) is 69.5 Å². The molecule has 0 aliphatic rings. The molecule has 0 aliphatic heterocycles. The van der Waals surface area contributed by atoms with Crippen molar-refractivity contribution in [1.29, 1.82) is 0 Å². The highest BCUT2D eigenvalue weighted by Gasteiger charge is 2.32. The molecule has 0 fully saturated rings. The monoisotopic (exact) mass is 528 g/mol. The molecule has 2 unspecified atom stereocenters. The minimum Gasteiger partial charge on any atom is -0.331 e. The third-order valence-electron chi connectivity index (χ3n) is 6.84. The van der Waals surface area contributed by atoms with E-state index in [1.165, 1.54) is 22.8 Å². The summed E-state index contributed by atoms with van der Waals surface area (Å²) in [4.78, 5) is 36.7. The quantitative estimate of drug-likeness (QED) is 0.279. The highest BCUT2D eigenvalue weighted by atomic mass is 35.5. The summed E-state index contributed by atoms with van der Waals surface area (Å²) in [5, 5.41) is 0.366. The Kier molecular flexibility index (Phi) is 10.2. The lowest BCUT2D eigenvalue weighted by Gasteiger charge is -2.35. The fourth-order valence-electron chi connectivity index (χ4n) is 4.70. The number of aromatic nitrogens is 2. The standard InChI is InChI=1S/C29H38ClFN4O2/c1-6-9-12-20(7-2)28(36)34(18-17-33(4)5)26(8-3)27-32-25-14-11-10-13-22(25)29(37)35(27)21-15-16-24(31)23(30)19-21/h10-11,13-16,19-20,26H,6-9,12,17-18H2,1-5H3. The molecule has 8 heteroatoms. The molecule has 3 rings (SSSR count). The normalized spacial score (nSPS) is 13.2. The summed E-state index contributed by atoms with van der Waals surface area (Å²) in [7, 11) is 3.95. The number of para-hydroxylation sites is 1. The van der Waals surface area contributed by atoms with Gasteiger partial charge in [-0.15, -0.1) is 0 Å². The predicted molar refractivity (Wildman–Crippen MR) is 149 cm³/mol. The third kappa shape index (κ3) is 6.57. The van der Waals surface area contributed by atoms with Crippen LogP contribution in [-0.2, 0) is 4.79 Å². The second-order valence-electron chi connectivity index (χ2n) is 9.73. The Balaban J connectivity index is 2.25. The van der Waals surface area contributed by atoms with Gasteiger partial charge in [0.2, 0.25) is 5.91 Å². The van der Waals surface area contributed by atoms with Gasteiger partial charge >= 0.3 is 0 Å². The maximum absolute atomic E-state index is 14.0. The van der Waals surface area contributed by atoms with Crippen molar-refractivity contribution in [1.82, 2.24) is 19.4 Å². The van der Waals surface area contributed by atoms with Crippen LogP contribution in [0.25, 0.3) is 16.6 Å². The smallest absolute Gasteiger partial charge is 0.266 e. The van der Waals surface area contributed by atoms with Crippen LogP contribution in [0.5, 0.6) is 0 Å². The van der Waals surface area contributed by atoms with E-state index in [9.17, 15) is 14.0 Å². The predicted octanol–water partition coefficient (Wildman–Crippen LogP) is 6.24. The van der Waals surface area contributed by atoms with Crippen LogP contribution < -0.4 is 5.56 Å². The Bertz CT molecular complexity index is 1280. The maximum atomic E-state index is 14.0. The molecular weight excluding hydrogens is 491 g/mol. The summed E-state index contributed by atoms with van der Waals surface area (Å²) in [5.41, 5.74) is 0.698. The molecule has 0 radical (unpaired) electrons. The number of fused-ring (bicyclic) bond motifs is 1. The second-order valence-corrected chi connectivity index (χ2v) is 10.1. The van der Waals surface area contributed by atoms with Crippen LogP contribution in [0.2, 0.25) is 5.02 Å². The lowest BCUT2D eigenvalue weighted by Crippen LogP contribution is -2.44. The van der Waals surface area contributed by atoms with Gasteiger partial charge in [0.05, 0.1) is 27.7 Å². The number of carbonyl (C=O) groups is 1. The SMILES string of the molecule is CCCCC(CC)C(=O)N(CCN(C)C)C(CC)c1nc2ccccc2c(=O)n1-c1ccc(F)c(Cl)c1. The molecular formula is C29H38ClFN4O2. The van der Waals surface area contributed by atoms with Crippen molar-refractivity contribution < 1.29 is 9.18 Å². The Morgan fingerprint density at radius 1 is 1.08 bits per heavy atom. The highest BCUT2D eigenvalue weighted by molar-refractivity contribution is 6.30. The first-order valence-electron chi connectivity index (χ1n) is 13.2. The van der Waals surface area contributed by atoms with Gasteiger partial charge in [0.1, 0.15) is 11.6 Å². The number of hydrogen-bond acceptors (Lipinski definition) is 4. The molecule has 6 nitrogen and oxygen atoms in total. The number of hydrogen-bond donors (Lipinski definition) is 0. The number of likely N-dealkylation sites (N-methyl/N-ethyl adjacent to an activating group) is 1. The average molecular weight is 529 g/mol. The third-order valence-corrected chi connectivity index (χ3v) is 7.13. The van der Waals surface area contributed by atoms with Crippen LogP contribution in [0.4, 0.5) is 4.39 Å². The van der Waals surface area contributed by atoms with Gasteiger partial charge in [0, 0.05) is 19.0 Å². The Labute approximate surface area is 224 Å². The first-order valence-corrected chi connectivity index (χ1v) is 13.5. The molecule has 2 atom stereocenters. The summed E-state index contributed by atoms with van der Waals surface area (Å²) in [6, 6.07) is 10.9. The zero-order valence-electron chi connectivity index (χ0n) is 22.5. The van der Waals surface area contributed by atoms with Crippen molar-refractivity contribution >= 4 is 28.4 Å². The van der Waals surface area contributed by atoms with Crippen molar-refractivity contribution in [2.45, 2.75) is 58.9 Å². The van der Waals surface area contributed by atoms with Crippen LogP contribution in [0, 0.1) is 11.7 Å². The fraction of sp³-hybridized carbons (Fsp3) is 0.483. The average Bonchev–Trinajstić information content (AvgIpc) is 2.88. The fourth-order valence-corrected chi connectivity index (χ4v) is 4.88. The van der Waals surface area contributed by atoms with Crippen LogP contribution in [0.1, 0.15) is 64.7 Å². The van der Waals surface area contributed by atoms with Gasteiger partial charge < -0.3 is 9.80 Å². The summed E-state index contributed by atoms with van der Waals surface area (Å²) in [6.07, 6.45) is 4.14. The number of benzene rings is 2. The number of halogens is 2. The van der Waals surface area contributed by atoms with Gasteiger partial charge in [-0.25, -0.2) is 9.37 Å². The van der Waals surface area contributed by atoms with Crippen LogP contribution >= 0.6 is 11.6 Å². The van der Waals surface area contributed by atoms with E-state index in [4.69, 9.17) is 16.6 Å². The Morgan fingerprint density at radius 2 is 1.81 bits per heavy atom. The van der Waals surface area contributed by atoms with Gasteiger partial charge in [-0.2, -0.15) is 0 Å². The molecule has 2 aromatic carbocycles. The molecule has 37 heavy (non-hydrogen) atoms. The largest absolute Gasteiger partial charge is 0.331 e. The molecule has 0 spiro atoms. The van der Waals surface area contributed by atoms with Gasteiger partial charge in [-0.05, 0) is 63.7 Å². The first kappa shape index (κ1) is 28.8. The number of rotatable bonds is 12. The van der Waals surface area contributed by atoms with Crippen molar-refractivity contribution in [3.8, 4) is 5.69 Å². The zero-order chi connectivity index (χ0) is 27.1. The van der Waals surface area contributed by atoms with E-state index in [-0.39, 0.29) is 22.4 Å². The van der Waals surface area contributed by atoms with E-state index in [1.807, 2.05) is 43.8 Å². The summed E-state index contributed by atoms with van der Waals surface area (Å²) in [6.45, 7) is 7.35. The lowest BCUT2D eigenvalue weighted by atomic mass is 9.96. The molecule has 200 valence electrons. The Morgan fingerprint density at radius 3 is 2.43 bits per heavy atom. The number of carbonyl (C=O) groups excluding carboxylic acids is 1. The van der Waals surface area contributed by atoms with E-state index in [2.05, 4.69) is 6.92 Å². The van der Waals surface area contributed by atoms with E-state index in [0.717, 1.165) is 25.7 Å². The molecule has 0 N–H and O–H groups in total. The topological polar surface area (TPSA) is 58.4 Å². The molecule has 3 aromatic rings. The van der Waals surface area contributed by atoms with Crippen LogP contribution in [-0.4, -0.2) is 52.4 Å². The molecule has 0 saturated heterocycles. The van der Waals surface area contributed by atoms with Gasteiger partial charge in [-0.1, -0.05) is 57.3 Å². The summed E-state index contributed by atoms with van der Waals surface area (Å²) < 4.78 is 15.5. The van der Waals surface area contributed by atoms with E-state index < -0.39 is 11.9 Å². The summed E-state index contributed by atoms with van der Waals surface area (Å²) >= 11 is 6.13. The van der Waals surface area contributed by atoms with Crippen LogP contribution in [0.15, 0.2) is 47.3 Å². The molecule has 1 aromatic heterocycles. The van der Waals surface area contributed by atoms with Crippen molar-refractivity contribution in [2.24, 2.45) is 5.92 Å². The highest BCUT2D eigenvalue weighted by Crippen LogP contribution is 2.30. The van der Waals surface area contributed by atoms with E-state index in [0.29, 0.717) is 41.9 Å². The molecule has 0 aliphatic carbocycles. The molecule has 0 saturated carbocycles. The first-order chi connectivity index (χ1) is 17.7. The molecule has 1 heterocycles. The van der Waals surface area contributed by atoms with Crippen molar-refractivity contribution in [3.63, 3.8) is 0 Å². The van der Waals surface area contributed by atoms with Crippen LogP contribution in [0.3, 0.4) is 0 Å². The Hall–Kier alpha value is -2.77. The van der Waals surface area contributed by atoms with Gasteiger partial charge in [-0.3, -0.25) is 14.2 Å². The second kappa shape index (κ2) is 13.2. The van der Waals surface area contributed by atoms with Gasteiger partial charge in [0.25, 0.3) is 5.56 Å². The number of unbranched alkanes of at least 4 members (excludes halogenated alkanes) is 1. The van der Waals surface area contributed by atoms with Gasteiger partial charge in [0.15, 0.2) is 0 Å². The number of nitrogens with zero attached hydrogens (tertiary/aromatic N) is 4. The molecule has 0 bridgehead atoms. The lowest BCUT2D eigenvalue weighted by molar-refractivity contribution is -0.139. The minimum atomic E-state index is -0.565. The van der Waals surface area contributed by atoms with E-state index >= 15 is 0 Å². The van der Waals surface area contributed by atoms with Crippen molar-refractivity contribution in [2.75, 3.05) is 27.2 Å². The van der Waals surface area contributed by atoms with E-state index in [1.54, 1.807) is 18.2 Å². The maximum Gasteiger partial charge on any atom is 0.266 e. The zero-order valence-corrected chi connectivity index (χ0v) is 23.3. The minimum absolute atomic E-state index is 0.0794. The summed E-state index contributed by atoms with van der Waals surface area (Å²) in [5.74, 6) is -0.135. The molecule has 1 amide bonds. The number of amides is 1.